The molecule has 1 aromatic carbocycles. The highest BCUT2D eigenvalue weighted by Crippen LogP contribution is 2.26. The van der Waals surface area contributed by atoms with Crippen LogP contribution in [-0.4, -0.2) is 18.6 Å². The van der Waals surface area contributed by atoms with Crippen LogP contribution in [0.2, 0.25) is 0 Å². The molecule has 0 saturated heterocycles. The smallest absolute Gasteiger partial charge is 0.243 e. The maximum absolute atomic E-state index is 13.8. The topological polar surface area (TPSA) is 101 Å². The van der Waals surface area contributed by atoms with Crippen LogP contribution in [0.15, 0.2) is 33.8 Å². The molecule has 0 radical (unpaired) electrons. The predicted octanol–water partition coefficient (Wildman–Crippen LogP) is 1.37. The number of benzene rings is 1. The number of anilines is 1. The van der Waals surface area contributed by atoms with Gasteiger partial charge in [0.1, 0.15) is 4.90 Å². The lowest BCUT2D eigenvalue weighted by molar-refractivity contribution is 0.553. The molecule has 1 aromatic heterocycles. The van der Waals surface area contributed by atoms with Gasteiger partial charge in [0, 0.05) is 11.9 Å². The molecule has 19 heavy (non-hydrogen) atoms. The fourth-order valence-corrected chi connectivity index (χ4v) is 3.16. The van der Waals surface area contributed by atoms with Gasteiger partial charge in [-0.3, -0.25) is 5.10 Å². The van der Waals surface area contributed by atoms with E-state index in [0.717, 1.165) is 6.07 Å². The first kappa shape index (κ1) is 14.0. The Balaban J connectivity index is 2.29. The van der Waals surface area contributed by atoms with Crippen LogP contribution >= 0.6 is 15.9 Å². The zero-order chi connectivity index (χ0) is 14.0. The van der Waals surface area contributed by atoms with E-state index in [1.165, 1.54) is 12.3 Å². The summed E-state index contributed by atoms with van der Waals surface area (Å²) in [5.74, 6) is -0.883. The monoisotopic (exact) mass is 348 g/mol. The van der Waals surface area contributed by atoms with Crippen LogP contribution in [0.1, 0.15) is 5.69 Å². The fraction of sp³-hybridized carbons (Fsp3) is 0.100. The molecular weight excluding hydrogens is 339 g/mol. The van der Waals surface area contributed by atoms with Gasteiger partial charge in [-0.15, -0.1) is 0 Å². The number of halogens is 2. The molecule has 0 bridgehead atoms. The lowest BCUT2D eigenvalue weighted by atomic mass is 10.3. The Morgan fingerprint density at radius 1 is 1.47 bits per heavy atom. The molecule has 4 N–H and O–H groups in total. The number of hydrogen-bond acceptors (Lipinski definition) is 4. The number of aromatic nitrogens is 2. The predicted molar refractivity (Wildman–Crippen MR) is 71.1 cm³/mol. The summed E-state index contributed by atoms with van der Waals surface area (Å²) >= 11 is 2.92. The molecule has 0 saturated carbocycles. The highest BCUT2D eigenvalue weighted by atomic mass is 79.9. The lowest BCUT2D eigenvalue weighted by Crippen LogP contribution is -2.24. The van der Waals surface area contributed by atoms with Gasteiger partial charge < -0.3 is 5.73 Å². The Kier molecular flexibility index (Phi) is 3.88. The number of nitrogen functional groups attached to an aromatic ring is 1. The summed E-state index contributed by atoms with van der Waals surface area (Å²) in [5, 5.41) is 6.27. The highest BCUT2D eigenvalue weighted by molar-refractivity contribution is 9.10. The third-order valence-corrected chi connectivity index (χ3v) is 4.30. The first-order valence-electron chi connectivity index (χ1n) is 5.12. The van der Waals surface area contributed by atoms with Crippen LogP contribution in [0.25, 0.3) is 0 Å². The summed E-state index contributed by atoms with van der Waals surface area (Å²) in [6, 6.07) is 3.97. The highest BCUT2D eigenvalue weighted by Gasteiger charge is 2.21. The molecule has 1 heterocycles. The second-order valence-corrected chi connectivity index (χ2v) is 6.31. The quantitative estimate of drug-likeness (QED) is 0.726. The number of sulfonamides is 1. The van der Waals surface area contributed by atoms with Crippen molar-refractivity contribution < 1.29 is 12.8 Å². The minimum atomic E-state index is -3.99. The van der Waals surface area contributed by atoms with Gasteiger partial charge in [0.25, 0.3) is 0 Å². The molecule has 0 aliphatic rings. The summed E-state index contributed by atoms with van der Waals surface area (Å²) < 4.78 is 40.0. The Hall–Kier alpha value is -1.45. The van der Waals surface area contributed by atoms with Crippen molar-refractivity contribution in [3.05, 3.63) is 40.4 Å². The van der Waals surface area contributed by atoms with Crippen LogP contribution in [0.3, 0.4) is 0 Å². The Morgan fingerprint density at radius 3 is 2.84 bits per heavy atom. The molecule has 2 rings (SSSR count). The lowest BCUT2D eigenvalue weighted by Gasteiger charge is -2.08. The average molecular weight is 349 g/mol. The van der Waals surface area contributed by atoms with Gasteiger partial charge in [0.2, 0.25) is 10.0 Å². The van der Waals surface area contributed by atoms with E-state index in [-0.39, 0.29) is 16.7 Å². The van der Waals surface area contributed by atoms with Crippen molar-refractivity contribution in [2.45, 2.75) is 11.4 Å². The Labute approximate surface area is 117 Å². The summed E-state index contributed by atoms with van der Waals surface area (Å²) in [7, 11) is -3.99. The van der Waals surface area contributed by atoms with E-state index in [1.807, 2.05) is 0 Å². The molecule has 0 aliphatic carbocycles. The Bertz CT molecular complexity index is 688. The van der Waals surface area contributed by atoms with Gasteiger partial charge in [-0.2, -0.15) is 5.10 Å². The third kappa shape index (κ3) is 3.11. The second kappa shape index (κ2) is 5.27. The summed E-state index contributed by atoms with van der Waals surface area (Å²) in [6.07, 6.45) is 1.49. The van der Waals surface area contributed by atoms with Crippen LogP contribution in [0.5, 0.6) is 0 Å². The standard InChI is InChI=1S/C10H10BrFN4O2S/c11-8-3-6(13)4-9(10(8)12)19(17,18)15-5-7-1-2-14-16-7/h1-4,15H,5,13H2,(H,14,16). The first-order valence-corrected chi connectivity index (χ1v) is 7.40. The number of hydrogen-bond donors (Lipinski definition) is 3. The summed E-state index contributed by atoms with van der Waals surface area (Å²) in [5.41, 5.74) is 6.22. The molecule has 102 valence electrons. The van der Waals surface area contributed by atoms with Crippen molar-refractivity contribution in [1.29, 1.82) is 0 Å². The molecule has 2 aromatic rings. The van der Waals surface area contributed by atoms with Crippen LogP contribution in [-0.2, 0) is 16.6 Å². The summed E-state index contributed by atoms with van der Waals surface area (Å²) in [6.45, 7) is -0.0197. The number of nitrogens with two attached hydrogens (primary N) is 1. The van der Waals surface area contributed by atoms with Gasteiger partial charge in [0.05, 0.1) is 16.7 Å². The molecular formula is C10H10BrFN4O2S. The number of nitrogens with zero attached hydrogens (tertiary/aromatic N) is 1. The van der Waals surface area contributed by atoms with E-state index >= 15 is 0 Å². The maximum atomic E-state index is 13.8. The van der Waals surface area contributed by atoms with E-state index in [4.69, 9.17) is 5.73 Å². The van der Waals surface area contributed by atoms with E-state index in [1.54, 1.807) is 6.07 Å². The number of rotatable bonds is 4. The van der Waals surface area contributed by atoms with Gasteiger partial charge in [-0.1, -0.05) is 0 Å². The van der Waals surface area contributed by atoms with Crippen molar-refractivity contribution in [2.24, 2.45) is 0 Å². The maximum Gasteiger partial charge on any atom is 0.243 e. The molecule has 0 spiro atoms. The number of H-pyrrole nitrogens is 1. The van der Waals surface area contributed by atoms with Crippen LogP contribution < -0.4 is 10.5 Å². The molecule has 0 fully saturated rings. The number of nitrogens with one attached hydrogen (secondary N) is 2. The zero-order valence-electron chi connectivity index (χ0n) is 9.52. The summed E-state index contributed by atoms with van der Waals surface area (Å²) in [4.78, 5) is -0.501. The zero-order valence-corrected chi connectivity index (χ0v) is 11.9. The van der Waals surface area contributed by atoms with E-state index in [9.17, 15) is 12.8 Å². The minimum Gasteiger partial charge on any atom is -0.399 e. The van der Waals surface area contributed by atoms with Gasteiger partial charge >= 0.3 is 0 Å². The molecule has 0 amide bonds. The van der Waals surface area contributed by atoms with Crippen molar-refractivity contribution in [2.75, 3.05) is 5.73 Å². The van der Waals surface area contributed by atoms with E-state index in [2.05, 4.69) is 30.8 Å². The van der Waals surface area contributed by atoms with Crippen molar-refractivity contribution in [1.82, 2.24) is 14.9 Å². The minimum absolute atomic E-state index is 0.00517. The molecule has 6 nitrogen and oxygen atoms in total. The molecule has 9 heteroatoms. The van der Waals surface area contributed by atoms with Gasteiger partial charge in [0.15, 0.2) is 5.82 Å². The average Bonchev–Trinajstić information content (AvgIpc) is 2.84. The first-order chi connectivity index (χ1) is 8.90. The van der Waals surface area contributed by atoms with Gasteiger partial charge in [-0.25, -0.2) is 17.5 Å². The van der Waals surface area contributed by atoms with E-state index in [0.29, 0.717) is 5.69 Å². The largest absolute Gasteiger partial charge is 0.399 e. The third-order valence-electron chi connectivity index (χ3n) is 2.32. The molecule has 0 atom stereocenters. The van der Waals surface area contributed by atoms with Crippen LogP contribution in [0.4, 0.5) is 10.1 Å². The number of aromatic amines is 1. The molecule has 0 unspecified atom stereocenters. The SMILES string of the molecule is Nc1cc(Br)c(F)c(S(=O)(=O)NCc2ccn[nH]2)c1. The van der Waals surface area contributed by atoms with Crippen molar-refractivity contribution in [3.8, 4) is 0 Å². The van der Waals surface area contributed by atoms with Crippen molar-refractivity contribution >= 4 is 31.6 Å². The van der Waals surface area contributed by atoms with Gasteiger partial charge in [-0.05, 0) is 34.1 Å². The Morgan fingerprint density at radius 2 is 2.21 bits per heavy atom. The van der Waals surface area contributed by atoms with Crippen LogP contribution in [0, 0.1) is 5.82 Å². The normalized spacial score (nSPS) is 11.7. The second-order valence-electron chi connectivity index (χ2n) is 3.72. The molecule has 0 aliphatic heterocycles. The van der Waals surface area contributed by atoms with Crippen molar-refractivity contribution in [3.63, 3.8) is 0 Å². The van der Waals surface area contributed by atoms with E-state index < -0.39 is 20.7 Å². The fourth-order valence-electron chi connectivity index (χ4n) is 1.41.